The van der Waals surface area contributed by atoms with Crippen molar-refractivity contribution in [1.29, 1.82) is 0 Å². The van der Waals surface area contributed by atoms with Gasteiger partial charge in [-0.05, 0) is 32.1 Å². The van der Waals surface area contributed by atoms with Gasteiger partial charge in [-0.2, -0.15) is 0 Å². The Bertz CT molecular complexity index is 388. The lowest BCUT2D eigenvalue weighted by atomic mass is 10.3. The second-order valence-electron chi connectivity index (χ2n) is 4.65. The lowest BCUT2D eigenvalue weighted by Crippen LogP contribution is -2.26. The van der Waals surface area contributed by atoms with Crippen LogP contribution >= 0.6 is 11.3 Å². The lowest BCUT2D eigenvalue weighted by Gasteiger charge is -2.01. The molecule has 0 unspecified atom stereocenters. The van der Waals surface area contributed by atoms with Gasteiger partial charge in [-0.1, -0.05) is 0 Å². The Morgan fingerprint density at radius 3 is 3.06 bits per heavy atom. The molecule has 0 aliphatic heterocycles. The van der Waals surface area contributed by atoms with Crippen LogP contribution in [0.25, 0.3) is 0 Å². The van der Waals surface area contributed by atoms with Crippen LogP contribution in [0.2, 0.25) is 0 Å². The van der Waals surface area contributed by atoms with Crippen molar-refractivity contribution in [3.05, 3.63) is 15.6 Å². The van der Waals surface area contributed by atoms with Crippen molar-refractivity contribution >= 4 is 17.2 Å². The molecule has 0 saturated heterocycles. The molecule has 3 nitrogen and oxygen atoms in total. The summed E-state index contributed by atoms with van der Waals surface area (Å²) < 4.78 is 0. The van der Waals surface area contributed by atoms with E-state index < -0.39 is 0 Å². The van der Waals surface area contributed by atoms with Crippen LogP contribution in [0.15, 0.2) is 0 Å². The molecule has 0 bridgehead atoms. The molecule has 0 aromatic carbocycles. The van der Waals surface area contributed by atoms with Gasteiger partial charge in [0.2, 0.25) is 5.91 Å². The highest BCUT2D eigenvalue weighted by molar-refractivity contribution is 7.11. The zero-order valence-corrected chi connectivity index (χ0v) is 10.1. The fourth-order valence-electron chi connectivity index (χ4n) is 2.13. The first-order chi connectivity index (χ1) is 7.83. The summed E-state index contributed by atoms with van der Waals surface area (Å²) in [6, 6.07) is 0. The number of carbonyl (C=O) groups is 1. The number of hydrogen-bond donors (Lipinski definition) is 1. The summed E-state index contributed by atoms with van der Waals surface area (Å²) in [4.78, 5) is 17.5. The van der Waals surface area contributed by atoms with Crippen LogP contribution in [0.1, 0.15) is 34.8 Å². The van der Waals surface area contributed by atoms with E-state index in [4.69, 9.17) is 0 Å². The average Bonchev–Trinajstić information content (AvgIpc) is 2.91. The molecular formula is C12H16N2OS. The van der Waals surface area contributed by atoms with Crippen molar-refractivity contribution in [2.45, 2.75) is 38.5 Å². The number of amides is 1. The quantitative estimate of drug-likeness (QED) is 0.864. The number of thiazole rings is 1. The van der Waals surface area contributed by atoms with E-state index in [1.165, 1.54) is 28.4 Å². The zero-order chi connectivity index (χ0) is 11.0. The molecule has 2 aliphatic rings. The monoisotopic (exact) mass is 236 g/mol. The number of rotatable bonds is 4. The maximum Gasteiger partial charge on any atom is 0.223 e. The van der Waals surface area contributed by atoms with Crippen LogP contribution in [0.3, 0.4) is 0 Å². The zero-order valence-electron chi connectivity index (χ0n) is 9.29. The summed E-state index contributed by atoms with van der Waals surface area (Å²) in [7, 11) is 0. The number of aryl methyl sites for hydroxylation is 2. The number of carbonyl (C=O) groups excluding carboxylic acids is 1. The van der Waals surface area contributed by atoms with Gasteiger partial charge in [0.25, 0.3) is 0 Å². The number of nitrogens with zero attached hydrogens (tertiary/aromatic N) is 1. The van der Waals surface area contributed by atoms with Crippen molar-refractivity contribution in [2.24, 2.45) is 5.92 Å². The SMILES string of the molecule is O=C(NCCc1nc2c(s1)CCC2)C1CC1. The van der Waals surface area contributed by atoms with Crippen LogP contribution in [-0.2, 0) is 24.1 Å². The summed E-state index contributed by atoms with van der Waals surface area (Å²) >= 11 is 1.84. The molecule has 0 atom stereocenters. The predicted molar refractivity (Wildman–Crippen MR) is 63.6 cm³/mol. The normalized spacial score (nSPS) is 18.5. The fourth-order valence-corrected chi connectivity index (χ4v) is 3.29. The fraction of sp³-hybridized carbons (Fsp3) is 0.667. The van der Waals surface area contributed by atoms with E-state index in [-0.39, 0.29) is 5.91 Å². The van der Waals surface area contributed by atoms with Gasteiger partial charge in [0.15, 0.2) is 0 Å². The summed E-state index contributed by atoms with van der Waals surface area (Å²) in [5.41, 5.74) is 1.31. The van der Waals surface area contributed by atoms with E-state index in [9.17, 15) is 4.79 Å². The number of aromatic nitrogens is 1. The van der Waals surface area contributed by atoms with Crippen LogP contribution in [0, 0.1) is 5.92 Å². The van der Waals surface area contributed by atoms with E-state index in [2.05, 4.69) is 10.3 Å². The molecule has 3 rings (SSSR count). The minimum atomic E-state index is 0.240. The molecule has 0 radical (unpaired) electrons. The van der Waals surface area contributed by atoms with E-state index in [1.807, 2.05) is 11.3 Å². The van der Waals surface area contributed by atoms with Crippen LogP contribution in [0.4, 0.5) is 0 Å². The molecule has 1 fully saturated rings. The molecule has 1 aromatic rings. The number of nitrogens with one attached hydrogen (secondary N) is 1. The summed E-state index contributed by atoms with van der Waals surface area (Å²) in [6.45, 7) is 0.752. The van der Waals surface area contributed by atoms with Crippen molar-refractivity contribution in [1.82, 2.24) is 10.3 Å². The summed E-state index contributed by atoms with van der Waals surface area (Å²) in [5, 5.41) is 4.18. The molecule has 0 spiro atoms. The molecule has 1 heterocycles. The predicted octanol–water partition coefficient (Wildman–Crippen LogP) is 1.70. The topological polar surface area (TPSA) is 42.0 Å². The van der Waals surface area contributed by atoms with Gasteiger partial charge in [-0.3, -0.25) is 4.79 Å². The summed E-state index contributed by atoms with van der Waals surface area (Å²) in [5.74, 6) is 0.561. The maximum absolute atomic E-state index is 11.4. The van der Waals surface area contributed by atoms with E-state index >= 15 is 0 Å². The number of fused-ring (bicyclic) bond motifs is 1. The highest BCUT2D eigenvalue weighted by Gasteiger charge is 2.29. The van der Waals surface area contributed by atoms with Gasteiger partial charge >= 0.3 is 0 Å². The van der Waals surface area contributed by atoms with Gasteiger partial charge < -0.3 is 5.32 Å². The molecule has 4 heteroatoms. The molecule has 1 amide bonds. The highest BCUT2D eigenvalue weighted by atomic mass is 32.1. The molecule has 1 N–H and O–H groups in total. The molecule has 1 saturated carbocycles. The Morgan fingerprint density at radius 2 is 2.31 bits per heavy atom. The first kappa shape index (κ1) is 10.3. The largest absolute Gasteiger partial charge is 0.355 e. The van der Waals surface area contributed by atoms with Crippen molar-refractivity contribution in [3.8, 4) is 0 Å². The molecule has 2 aliphatic carbocycles. The molecular weight excluding hydrogens is 220 g/mol. The minimum absolute atomic E-state index is 0.240. The van der Waals surface area contributed by atoms with Gasteiger partial charge in [0.1, 0.15) is 0 Å². The Labute approximate surface area is 99.3 Å². The van der Waals surface area contributed by atoms with Crippen molar-refractivity contribution in [3.63, 3.8) is 0 Å². The third-order valence-electron chi connectivity index (χ3n) is 3.23. The Balaban J connectivity index is 1.48. The lowest BCUT2D eigenvalue weighted by molar-refractivity contribution is -0.122. The van der Waals surface area contributed by atoms with E-state index in [0.717, 1.165) is 32.2 Å². The molecule has 1 aromatic heterocycles. The average molecular weight is 236 g/mol. The first-order valence-electron chi connectivity index (χ1n) is 6.08. The number of hydrogen-bond acceptors (Lipinski definition) is 3. The van der Waals surface area contributed by atoms with E-state index in [1.54, 1.807) is 0 Å². The van der Waals surface area contributed by atoms with Gasteiger partial charge in [-0.25, -0.2) is 4.98 Å². The Morgan fingerprint density at radius 1 is 1.44 bits per heavy atom. The first-order valence-corrected chi connectivity index (χ1v) is 6.90. The molecule has 16 heavy (non-hydrogen) atoms. The van der Waals surface area contributed by atoms with Gasteiger partial charge in [0.05, 0.1) is 10.7 Å². The van der Waals surface area contributed by atoms with Crippen LogP contribution in [0.5, 0.6) is 0 Å². The Hall–Kier alpha value is -0.900. The van der Waals surface area contributed by atoms with Crippen molar-refractivity contribution < 1.29 is 4.79 Å². The Kier molecular flexibility index (Phi) is 2.67. The van der Waals surface area contributed by atoms with E-state index in [0.29, 0.717) is 5.92 Å². The van der Waals surface area contributed by atoms with Crippen molar-refractivity contribution in [2.75, 3.05) is 6.54 Å². The smallest absolute Gasteiger partial charge is 0.223 e. The third-order valence-corrected chi connectivity index (χ3v) is 4.44. The standard InChI is InChI=1S/C12H16N2OS/c15-12(8-4-5-8)13-7-6-11-14-9-2-1-3-10(9)16-11/h8H,1-7H2,(H,13,15). The summed E-state index contributed by atoms with van der Waals surface area (Å²) in [6.07, 6.45) is 6.69. The van der Waals surface area contributed by atoms with Crippen LogP contribution < -0.4 is 5.32 Å². The van der Waals surface area contributed by atoms with Crippen LogP contribution in [-0.4, -0.2) is 17.4 Å². The second kappa shape index (κ2) is 4.17. The maximum atomic E-state index is 11.4. The van der Waals surface area contributed by atoms with Gasteiger partial charge in [0, 0.05) is 23.8 Å². The third kappa shape index (κ3) is 2.12. The highest BCUT2D eigenvalue weighted by Crippen LogP contribution is 2.29. The second-order valence-corrected chi connectivity index (χ2v) is 5.81. The minimum Gasteiger partial charge on any atom is -0.355 e. The molecule has 86 valence electrons. The van der Waals surface area contributed by atoms with Gasteiger partial charge in [-0.15, -0.1) is 11.3 Å².